The van der Waals surface area contributed by atoms with Crippen LogP contribution in [-0.4, -0.2) is 32.6 Å². The van der Waals surface area contributed by atoms with Crippen LogP contribution in [0.2, 0.25) is 0 Å². The monoisotopic (exact) mass is 539 g/mol. The van der Waals surface area contributed by atoms with Gasteiger partial charge in [0.1, 0.15) is 0 Å². The van der Waals surface area contributed by atoms with Crippen molar-refractivity contribution in [1.29, 1.82) is 0 Å². The fourth-order valence-electron chi connectivity index (χ4n) is 4.01. The number of hydrazone groups is 1. The molecule has 0 atom stereocenters. The molecule has 0 aliphatic heterocycles. The number of amides is 1. The maximum absolute atomic E-state index is 12.6. The van der Waals surface area contributed by atoms with Crippen molar-refractivity contribution in [2.24, 2.45) is 5.10 Å². The zero-order valence-corrected chi connectivity index (χ0v) is 24.6. The summed E-state index contributed by atoms with van der Waals surface area (Å²) in [7, 11) is 0. The molecule has 0 aliphatic carbocycles. The van der Waals surface area contributed by atoms with Crippen molar-refractivity contribution in [2.75, 3.05) is 5.75 Å². The number of thioether (sulfide) groups is 1. The van der Waals surface area contributed by atoms with Crippen LogP contribution in [-0.2, 0) is 15.6 Å². The van der Waals surface area contributed by atoms with Crippen molar-refractivity contribution < 1.29 is 4.79 Å². The number of aromatic nitrogens is 3. The Labute approximate surface area is 236 Å². The summed E-state index contributed by atoms with van der Waals surface area (Å²) >= 11 is 1.33. The molecule has 0 spiro atoms. The molecule has 0 aliphatic rings. The van der Waals surface area contributed by atoms with Crippen molar-refractivity contribution in [1.82, 2.24) is 20.2 Å². The summed E-state index contributed by atoms with van der Waals surface area (Å²) in [6.07, 6.45) is 1.66. The van der Waals surface area contributed by atoms with E-state index in [9.17, 15) is 4.79 Å². The van der Waals surface area contributed by atoms with Gasteiger partial charge in [0, 0.05) is 11.3 Å². The lowest BCUT2D eigenvalue weighted by molar-refractivity contribution is -0.118. The molecule has 4 aromatic rings. The minimum absolute atomic E-state index is 0.0654. The normalized spacial score (nSPS) is 12.2. The van der Waals surface area contributed by atoms with Crippen LogP contribution in [0.4, 0.5) is 0 Å². The summed E-state index contributed by atoms with van der Waals surface area (Å²) in [5, 5.41) is 13.7. The van der Waals surface area contributed by atoms with Gasteiger partial charge >= 0.3 is 0 Å². The maximum Gasteiger partial charge on any atom is 0.250 e. The Balaban J connectivity index is 1.49. The molecule has 6 nitrogen and oxygen atoms in total. The Morgan fingerprint density at radius 3 is 1.97 bits per heavy atom. The zero-order chi connectivity index (χ0) is 28.2. The highest BCUT2D eigenvalue weighted by Gasteiger charge is 2.19. The summed E-state index contributed by atoms with van der Waals surface area (Å²) in [5.74, 6) is 0.684. The molecule has 0 radical (unpaired) electrons. The number of aryl methyl sites for hydroxylation is 1. The van der Waals surface area contributed by atoms with Crippen LogP contribution in [0.3, 0.4) is 0 Å². The predicted octanol–water partition coefficient (Wildman–Crippen LogP) is 7.08. The lowest BCUT2D eigenvalue weighted by Gasteiger charge is -2.19. The molecule has 4 rings (SSSR count). The van der Waals surface area contributed by atoms with Gasteiger partial charge in [-0.3, -0.25) is 9.36 Å². The summed E-state index contributed by atoms with van der Waals surface area (Å²) in [6.45, 7) is 15.2. The quantitative estimate of drug-likeness (QED) is 0.155. The van der Waals surface area contributed by atoms with Crippen LogP contribution in [0.1, 0.15) is 63.8 Å². The second-order valence-electron chi connectivity index (χ2n) is 11.8. The van der Waals surface area contributed by atoms with E-state index in [2.05, 4.69) is 118 Å². The van der Waals surface area contributed by atoms with Crippen LogP contribution in [0, 0.1) is 6.92 Å². The molecule has 1 N–H and O–H groups in total. The van der Waals surface area contributed by atoms with Crippen molar-refractivity contribution in [3.05, 3.63) is 95.1 Å². The van der Waals surface area contributed by atoms with Gasteiger partial charge in [0.25, 0.3) is 5.91 Å². The number of carbonyl (C=O) groups excluding carboxylic acids is 1. The van der Waals surface area contributed by atoms with Gasteiger partial charge in [-0.25, -0.2) is 5.43 Å². The van der Waals surface area contributed by atoms with Gasteiger partial charge in [0.15, 0.2) is 11.0 Å². The van der Waals surface area contributed by atoms with E-state index in [0.29, 0.717) is 5.16 Å². The Hall–Kier alpha value is -3.71. The average molecular weight is 540 g/mol. The molecule has 1 aromatic heterocycles. The van der Waals surface area contributed by atoms with Crippen molar-refractivity contribution in [2.45, 2.75) is 64.5 Å². The predicted molar refractivity (Wildman–Crippen MR) is 162 cm³/mol. The molecular weight excluding hydrogens is 502 g/mol. The van der Waals surface area contributed by atoms with E-state index in [1.807, 2.05) is 28.8 Å². The summed E-state index contributed by atoms with van der Waals surface area (Å²) in [4.78, 5) is 12.6. The Morgan fingerprint density at radius 2 is 1.41 bits per heavy atom. The molecule has 0 bridgehead atoms. The Bertz CT molecular complexity index is 1440. The first kappa shape index (κ1) is 28.3. The van der Waals surface area contributed by atoms with E-state index < -0.39 is 0 Å². The minimum atomic E-state index is -0.211. The smallest absolute Gasteiger partial charge is 0.250 e. The molecule has 0 fully saturated rings. The molecule has 0 unspecified atom stereocenters. The lowest BCUT2D eigenvalue weighted by Crippen LogP contribution is -2.20. The summed E-state index contributed by atoms with van der Waals surface area (Å²) < 4.78 is 2.00. The number of benzene rings is 3. The second-order valence-corrected chi connectivity index (χ2v) is 12.7. The standard InChI is InChI=1S/C32H37N5OS/c1-22-8-18-27(19-9-22)37-29(24-12-16-26(17-13-24)32(5,6)7)35-36-30(37)39-21-28(38)34-33-20-23-10-14-25(15-11-23)31(2,3)4/h8-20H,21H2,1-7H3,(H,34,38). The molecular formula is C32H37N5OS. The van der Waals surface area contributed by atoms with Crippen molar-refractivity contribution >= 4 is 23.9 Å². The lowest BCUT2D eigenvalue weighted by atomic mass is 9.87. The van der Waals surface area contributed by atoms with Crippen LogP contribution >= 0.6 is 11.8 Å². The summed E-state index contributed by atoms with van der Waals surface area (Å²) in [5.41, 5.74) is 9.30. The number of carbonyl (C=O) groups is 1. The molecule has 0 saturated carbocycles. The van der Waals surface area contributed by atoms with Gasteiger partial charge in [-0.1, -0.05) is 120 Å². The number of hydrogen-bond acceptors (Lipinski definition) is 5. The fraction of sp³-hybridized carbons (Fsp3) is 0.312. The molecule has 1 heterocycles. The molecule has 1 amide bonds. The number of nitrogens with one attached hydrogen (secondary N) is 1. The topological polar surface area (TPSA) is 72.2 Å². The maximum atomic E-state index is 12.6. The first-order valence-electron chi connectivity index (χ1n) is 13.1. The minimum Gasteiger partial charge on any atom is -0.272 e. The van der Waals surface area contributed by atoms with E-state index in [1.54, 1.807) is 6.21 Å². The third kappa shape index (κ3) is 7.24. The van der Waals surface area contributed by atoms with E-state index in [0.717, 1.165) is 22.6 Å². The van der Waals surface area contributed by atoms with E-state index in [4.69, 9.17) is 0 Å². The van der Waals surface area contributed by atoms with Gasteiger partial charge in [0.2, 0.25) is 0 Å². The highest BCUT2D eigenvalue weighted by atomic mass is 32.2. The zero-order valence-electron chi connectivity index (χ0n) is 23.8. The molecule has 202 valence electrons. The van der Waals surface area contributed by atoms with E-state index in [1.165, 1.54) is 28.5 Å². The first-order chi connectivity index (χ1) is 18.4. The number of nitrogens with zero attached hydrogens (tertiary/aromatic N) is 4. The number of hydrogen-bond donors (Lipinski definition) is 1. The third-order valence-corrected chi connectivity index (χ3v) is 7.38. The Kier molecular flexibility index (Phi) is 8.40. The molecule has 39 heavy (non-hydrogen) atoms. The Morgan fingerprint density at radius 1 is 0.846 bits per heavy atom. The van der Waals surface area contributed by atoms with Crippen LogP contribution < -0.4 is 5.43 Å². The highest BCUT2D eigenvalue weighted by Crippen LogP contribution is 2.30. The van der Waals surface area contributed by atoms with Crippen LogP contribution in [0.5, 0.6) is 0 Å². The largest absolute Gasteiger partial charge is 0.272 e. The fourth-order valence-corrected chi connectivity index (χ4v) is 4.75. The van der Waals surface area contributed by atoms with Crippen LogP contribution in [0.15, 0.2) is 83.1 Å². The first-order valence-corrected chi connectivity index (χ1v) is 14.1. The van der Waals surface area contributed by atoms with Crippen molar-refractivity contribution in [3.8, 4) is 17.1 Å². The van der Waals surface area contributed by atoms with Gasteiger partial charge in [-0.2, -0.15) is 5.10 Å². The van der Waals surface area contributed by atoms with Gasteiger partial charge in [0.05, 0.1) is 12.0 Å². The molecule has 3 aromatic carbocycles. The van der Waals surface area contributed by atoms with Gasteiger partial charge < -0.3 is 0 Å². The number of rotatable bonds is 7. The van der Waals surface area contributed by atoms with Gasteiger partial charge in [-0.05, 0) is 46.6 Å². The second kappa shape index (κ2) is 11.6. The molecule has 0 saturated heterocycles. The van der Waals surface area contributed by atoms with Crippen molar-refractivity contribution in [3.63, 3.8) is 0 Å². The summed E-state index contributed by atoms with van der Waals surface area (Å²) in [6, 6.07) is 24.8. The third-order valence-electron chi connectivity index (χ3n) is 6.45. The van der Waals surface area contributed by atoms with E-state index >= 15 is 0 Å². The highest BCUT2D eigenvalue weighted by molar-refractivity contribution is 7.99. The average Bonchev–Trinajstić information content (AvgIpc) is 3.31. The SMILES string of the molecule is Cc1ccc(-n2c(SCC(=O)NN=Cc3ccc(C(C)(C)C)cc3)nnc2-c2ccc(C(C)(C)C)cc2)cc1. The van der Waals surface area contributed by atoms with E-state index in [-0.39, 0.29) is 22.5 Å². The van der Waals surface area contributed by atoms with Gasteiger partial charge in [-0.15, -0.1) is 10.2 Å². The molecule has 7 heteroatoms. The van der Waals surface area contributed by atoms with Crippen LogP contribution in [0.25, 0.3) is 17.1 Å².